The van der Waals surface area contributed by atoms with E-state index in [-0.39, 0.29) is 5.91 Å². The maximum absolute atomic E-state index is 12.8. The van der Waals surface area contributed by atoms with Crippen LogP contribution < -0.4 is 0 Å². The van der Waals surface area contributed by atoms with E-state index in [1.807, 2.05) is 11.0 Å². The third-order valence-corrected chi connectivity index (χ3v) is 5.19. The number of hydrogen-bond donors (Lipinski definition) is 0. The van der Waals surface area contributed by atoms with Crippen LogP contribution >= 0.6 is 15.9 Å². The van der Waals surface area contributed by atoms with E-state index in [0.29, 0.717) is 12.1 Å². The predicted molar refractivity (Wildman–Crippen MR) is 87.6 cm³/mol. The quantitative estimate of drug-likeness (QED) is 0.813. The summed E-state index contributed by atoms with van der Waals surface area (Å²) in [6, 6.07) is 3.04. The van der Waals surface area contributed by atoms with Gasteiger partial charge in [-0.05, 0) is 54.3 Å². The Morgan fingerprint density at radius 3 is 2.67 bits per heavy atom. The number of halogens is 1. The van der Waals surface area contributed by atoms with Gasteiger partial charge in [-0.2, -0.15) is 0 Å². The number of likely N-dealkylation sites (N-methyl/N-ethyl adjacent to an activating group) is 1. The molecule has 1 aromatic rings. The summed E-state index contributed by atoms with van der Waals surface area (Å²) in [6.45, 7) is 8.27. The molecule has 1 saturated carbocycles. The molecule has 1 amide bonds. The van der Waals surface area contributed by atoms with Gasteiger partial charge in [0.2, 0.25) is 0 Å². The lowest BCUT2D eigenvalue weighted by atomic mass is 10.2. The van der Waals surface area contributed by atoms with Crippen LogP contribution in [0.3, 0.4) is 0 Å². The third-order valence-electron chi connectivity index (χ3n) is 4.75. The Labute approximate surface area is 135 Å². The molecule has 1 atom stereocenters. The number of amides is 1. The van der Waals surface area contributed by atoms with Crippen LogP contribution in [0.1, 0.15) is 49.6 Å². The fourth-order valence-electron chi connectivity index (χ4n) is 3.40. The summed E-state index contributed by atoms with van der Waals surface area (Å²) in [6.07, 6.45) is 5.55. The largest absolute Gasteiger partial charge is 0.339 e. The van der Waals surface area contributed by atoms with Crippen LogP contribution in [-0.2, 0) is 0 Å². The molecule has 2 aliphatic rings. The van der Waals surface area contributed by atoms with Crippen molar-refractivity contribution in [3.63, 3.8) is 0 Å². The molecule has 2 fully saturated rings. The van der Waals surface area contributed by atoms with Gasteiger partial charge in [-0.15, -0.1) is 0 Å². The van der Waals surface area contributed by atoms with Gasteiger partial charge in [0.05, 0.1) is 0 Å². The van der Waals surface area contributed by atoms with Crippen molar-refractivity contribution < 1.29 is 4.79 Å². The van der Waals surface area contributed by atoms with Gasteiger partial charge in [0.1, 0.15) is 5.69 Å². The van der Waals surface area contributed by atoms with Crippen molar-refractivity contribution in [2.24, 2.45) is 0 Å². The number of likely N-dealkylation sites (tertiary alicyclic amines) is 1. The Morgan fingerprint density at radius 1 is 1.33 bits per heavy atom. The van der Waals surface area contributed by atoms with Crippen molar-refractivity contribution >= 4 is 21.8 Å². The van der Waals surface area contributed by atoms with Gasteiger partial charge in [0.25, 0.3) is 5.91 Å². The van der Waals surface area contributed by atoms with Crippen molar-refractivity contribution in [1.29, 1.82) is 0 Å². The molecule has 1 aromatic heterocycles. The Hall–Kier alpha value is -0.810. The van der Waals surface area contributed by atoms with Gasteiger partial charge in [-0.3, -0.25) is 9.69 Å². The molecule has 1 aliphatic carbocycles. The minimum atomic E-state index is 0.197. The molecule has 116 valence electrons. The second kappa shape index (κ2) is 6.13. The van der Waals surface area contributed by atoms with Crippen LogP contribution in [0.2, 0.25) is 0 Å². The van der Waals surface area contributed by atoms with Gasteiger partial charge in [0, 0.05) is 35.8 Å². The molecule has 0 aromatic carbocycles. The first kappa shape index (κ1) is 15.1. The van der Waals surface area contributed by atoms with E-state index in [1.54, 1.807) is 0 Å². The molecule has 5 heteroatoms. The highest BCUT2D eigenvalue weighted by molar-refractivity contribution is 9.10. The van der Waals surface area contributed by atoms with Crippen molar-refractivity contribution in [2.45, 2.75) is 45.2 Å². The summed E-state index contributed by atoms with van der Waals surface area (Å²) >= 11 is 3.51. The van der Waals surface area contributed by atoms with E-state index in [9.17, 15) is 4.79 Å². The molecule has 1 saturated heterocycles. The zero-order chi connectivity index (χ0) is 15.0. The SMILES string of the molecule is CCN(CC)C1CCN(C(=O)c2cc(Br)cn2C2CC2)C1. The van der Waals surface area contributed by atoms with Crippen molar-refractivity contribution in [2.75, 3.05) is 26.2 Å². The van der Waals surface area contributed by atoms with Crippen LogP contribution in [0.4, 0.5) is 0 Å². The molecular weight excluding hydrogens is 330 g/mol. The molecule has 1 aliphatic heterocycles. The van der Waals surface area contributed by atoms with Gasteiger partial charge in [-0.25, -0.2) is 0 Å². The molecule has 0 spiro atoms. The smallest absolute Gasteiger partial charge is 0.270 e. The highest BCUT2D eigenvalue weighted by Gasteiger charge is 2.33. The summed E-state index contributed by atoms with van der Waals surface area (Å²) in [5.74, 6) is 0.197. The van der Waals surface area contributed by atoms with E-state index < -0.39 is 0 Å². The van der Waals surface area contributed by atoms with Gasteiger partial charge in [0.15, 0.2) is 0 Å². The molecule has 0 radical (unpaired) electrons. The van der Waals surface area contributed by atoms with Crippen LogP contribution in [0, 0.1) is 0 Å². The molecule has 1 unspecified atom stereocenters. The monoisotopic (exact) mass is 353 g/mol. The number of carbonyl (C=O) groups excluding carboxylic acids is 1. The molecule has 0 N–H and O–H groups in total. The third kappa shape index (κ3) is 3.04. The van der Waals surface area contributed by atoms with E-state index in [1.165, 1.54) is 12.8 Å². The number of carbonyl (C=O) groups is 1. The van der Waals surface area contributed by atoms with Crippen LogP contribution in [0.15, 0.2) is 16.7 Å². The first-order valence-corrected chi connectivity index (χ1v) is 8.84. The van der Waals surface area contributed by atoms with E-state index in [0.717, 1.165) is 42.8 Å². The number of hydrogen-bond acceptors (Lipinski definition) is 2. The van der Waals surface area contributed by atoms with E-state index >= 15 is 0 Å². The van der Waals surface area contributed by atoms with Crippen LogP contribution in [-0.4, -0.2) is 52.5 Å². The zero-order valence-corrected chi connectivity index (χ0v) is 14.5. The molecule has 3 rings (SSSR count). The Kier molecular flexibility index (Phi) is 4.41. The lowest BCUT2D eigenvalue weighted by Crippen LogP contribution is -2.39. The first-order valence-electron chi connectivity index (χ1n) is 8.04. The highest BCUT2D eigenvalue weighted by Crippen LogP contribution is 2.38. The Balaban J connectivity index is 1.72. The van der Waals surface area contributed by atoms with Crippen molar-refractivity contribution in [1.82, 2.24) is 14.4 Å². The van der Waals surface area contributed by atoms with Crippen LogP contribution in [0.5, 0.6) is 0 Å². The molecule has 2 heterocycles. The average molecular weight is 354 g/mol. The fraction of sp³-hybridized carbons (Fsp3) is 0.688. The summed E-state index contributed by atoms with van der Waals surface area (Å²) < 4.78 is 3.18. The fourth-order valence-corrected chi connectivity index (χ4v) is 3.84. The summed E-state index contributed by atoms with van der Waals surface area (Å²) in [5.41, 5.74) is 0.851. The van der Waals surface area contributed by atoms with E-state index in [4.69, 9.17) is 0 Å². The molecular formula is C16H24BrN3O. The van der Waals surface area contributed by atoms with Crippen molar-refractivity contribution in [3.8, 4) is 0 Å². The number of nitrogens with zero attached hydrogens (tertiary/aromatic N) is 3. The van der Waals surface area contributed by atoms with Gasteiger partial charge < -0.3 is 9.47 Å². The summed E-state index contributed by atoms with van der Waals surface area (Å²) in [7, 11) is 0. The van der Waals surface area contributed by atoms with Crippen molar-refractivity contribution in [3.05, 3.63) is 22.4 Å². The summed E-state index contributed by atoms with van der Waals surface area (Å²) in [5, 5.41) is 0. The number of rotatable bonds is 5. The molecule has 0 bridgehead atoms. The minimum absolute atomic E-state index is 0.197. The lowest BCUT2D eigenvalue weighted by molar-refractivity contribution is 0.0767. The maximum Gasteiger partial charge on any atom is 0.270 e. The lowest BCUT2D eigenvalue weighted by Gasteiger charge is -2.26. The normalized spacial score (nSPS) is 22.3. The topological polar surface area (TPSA) is 28.5 Å². The van der Waals surface area contributed by atoms with Gasteiger partial charge in [-0.1, -0.05) is 13.8 Å². The van der Waals surface area contributed by atoms with Gasteiger partial charge >= 0.3 is 0 Å². The predicted octanol–water partition coefficient (Wildman–Crippen LogP) is 3.14. The standard InChI is InChI=1S/C16H24BrN3O/c1-3-18(4-2)14-7-8-19(11-14)16(21)15-9-12(17)10-20(15)13-5-6-13/h9-10,13-14H,3-8,11H2,1-2H3. The van der Waals surface area contributed by atoms with E-state index in [2.05, 4.69) is 45.4 Å². The minimum Gasteiger partial charge on any atom is -0.339 e. The zero-order valence-electron chi connectivity index (χ0n) is 12.9. The maximum atomic E-state index is 12.8. The Bertz CT molecular complexity index is 520. The Morgan fingerprint density at radius 2 is 2.05 bits per heavy atom. The molecule has 4 nitrogen and oxygen atoms in total. The second-order valence-corrected chi connectivity index (χ2v) is 7.01. The first-order chi connectivity index (χ1) is 10.1. The summed E-state index contributed by atoms with van der Waals surface area (Å²) in [4.78, 5) is 17.3. The average Bonchev–Trinajstić information content (AvgIpc) is 3.08. The van der Waals surface area contributed by atoms with Crippen LogP contribution in [0.25, 0.3) is 0 Å². The molecule has 21 heavy (non-hydrogen) atoms. The number of aromatic nitrogens is 1. The second-order valence-electron chi connectivity index (χ2n) is 6.10. The highest BCUT2D eigenvalue weighted by atomic mass is 79.9.